The molecule has 2 aliphatic heterocycles. The van der Waals surface area contributed by atoms with Crippen molar-refractivity contribution in [3.63, 3.8) is 0 Å². The third-order valence-electron chi connectivity index (χ3n) is 6.58. The van der Waals surface area contributed by atoms with Crippen LogP contribution in [0.1, 0.15) is 36.0 Å². The number of rotatable bonds is 5. The molecule has 6 nitrogen and oxygen atoms in total. The van der Waals surface area contributed by atoms with Crippen molar-refractivity contribution in [2.45, 2.75) is 39.7 Å². The quantitative estimate of drug-likeness (QED) is 0.787. The van der Waals surface area contributed by atoms with Crippen LogP contribution in [0.4, 0.5) is 5.69 Å². The van der Waals surface area contributed by atoms with E-state index in [2.05, 4.69) is 5.32 Å². The Bertz CT molecular complexity index is 976. The van der Waals surface area contributed by atoms with Gasteiger partial charge < -0.3 is 15.1 Å². The van der Waals surface area contributed by atoms with Crippen molar-refractivity contribution in [2.24, 2.45) is 11.8 Å². The lowest BCUT2D eigenvalue weighted by Crippen LogP contribution is -2.45. The Morgan fingerprint density at radius 3 is 2.12 bits per heavy atom. The first kappa shape index (κ1) is 22.1. The monoisotopic (exact) mass is 433 g/mol. The third-order valence-corrected chi connectivity index (χ3v) is 6.58. The average Bonchev–Trinajstić information content (AvgIpc) is 3.20. The van der Waals surface area contributed by atoms with Crippen LogP contribution < -0.4 is 10.2 Å². The van der Waals surface area contributed by atoms with Crippen LogP contribution in [0, 0.1) is 25.7 Å². The Morgan fingerprint density at radius 2 is 1.50 bits per heavy atom. The highest BCUT2D eigenvalue weighted by atomic mass is 16.2. The first-order valence-corrected chi connectivity index (χ1v) is 11.4. The summed E-state index contributed by atoms with van der Waals surface area (Å²) < 4.78 is 0. The lowest BCUT2D eigenvalue weighted by atomic mass is 9.94. The van der Waals surface area contributed by atoms with Crippen LogP contribution in [0.3, 0.4) is 0 Å². The van der Waals surface area contributed by atoms with E-state index in [0.29, 0.717) is 39.0 Å². The van der Waals surface area contributed by atoms with Gasteiger partial charge in [0.15, 0.2) is 0 Å². The minimum Gasteiger partial charge on any atom is -0.352 e. The number of amides is 3. The van der Waals surface area contributed by atoms with E-state index < -0.39 is 0 Å². The molecule has 1 N–H and O–H groups in total. The lowest BCUT2D eigenvalue weighted by molar-refractivity contribution is -0.139. The summed E-state index contributed by atoms with van der Waals surface area (Å²) in [6.45, 7) is 6.13. The lowest BCUT2D eigenvalue weighted by Gasteiger charge is -2.33. The molecule has 0 radical (unpaired) electrons. The largest absolute Gasteiger partial charge is 0.352 e. The number of nitrogens with one attached hydrogen (secondary N) is 1. The Hall–Kier alpha value is -3.15. The van der Waals surface area contributed by atoms with Crippen molar-refractivity contribution in [2.75, 3.05) is 24.5 Å². The zero-order valence-corrected chi connectivity index (χ0v) is 18.8. The van der Waals surface area contributed by atoms with Gasteiger partial charge in [0.2, 0.25) is 17.7 Å². The maximum Gasteiger partial charge on any atom is 0.228 e. The van der Waals surface area contributed by atoms with E-state index in [4.69, 9.17) is 0 Å². The van der Waals surface area contributed by atoms with Crippen LogP contribution in [0.2, 0.25) is 0 Å². The molecule has 2 fully saturated rings. The van der Waals surface area contributed by atoms with Crippen LogP contribution in [0.15, 0.2) is 48.5 Å². The van der Waals surface area contributed by atoms with Crippen LogP contribution in [0.5, 0.6) is 0 Å². The number of anilines is 1. The number of aryl methyl sites for hydroxylation is 2. The van der Waals surface area contributed by atoms with Gasteiger partial charge in [0.05, 0.1) is 5.92 Å². The molecular formula is C26H31N3O3. The van der Waals surface area contributed by atoms with Crippen LogP contribution in [-0.2, 0) is 20.9 Å². The SMILES string of the molecule is Cc1ccc(CNC(=O)C2CCN(C(=O)[C@H]3CC(=O)N(c4ccc(C)cc4)C3)CC2)cc1. The average molecular weight is 434 g/mol. The minimum atomic E-state index is -0.310. The van der Waals surface area contributed by atoms with Gasteiger partial charge in [0.25, 0.3) is 0 Å². The molecule has 6 heteroatoms. The van der Waals surface area contributed by atoms with Gasteiger partial charge in [-0.1, -0.05) is 47.5 Å². The first-order chi connectivity index (χ1) is 15.4. The van der Waals surface area contributed by atoms with Crippen molar-refractivity contribution in [3.05, 3.63) is 65.2 Å². The van der Waals surface area contributed by atoms with Gasteiger partial charge in [-0.3, -0.25) is 14.4 Å². The predicted octanol–water partition coefficient (Wildman–Crippen LogP) is 3.21. The van der Waals surface area contributed by atoms with Gasteiger partial charge in [-0.15, -0.1) is 0 Å². The summed E-state index contributed by atoms with van der Waals surface area (Å²) >= 11 is 0. The molecule has 0 spiro atoms. The Labute approximate surface area is 189 Å². The summed E-state index contributed by atoms with van der Waals surface area (Å²) in [5, 5.41) is 3.03. The molecule has 0 unspecified atom stereocenters. The fourth-order valence-electron chi connectivity index (χ4n) is 4.51. The molecule has 2 heterocycles. The molecule has 32 heavy (non-hydrogen) atoms. The second-order valence-corrected chi connectivity index (χ2v) is 9.04. The topological polar surface area (TPSA) is 69.7 Å². The number of carbonyl (C=O) groups excluding carboxylic acids is 3. The molecule has 0 aromatic heterocycles. The molecule has 168 valence electrons. The summed E-state index contributed by atoms with van der Waals surface area (Å²) in [4.78, 5) is 41.7. The second kappa shape index (κ2) is 9.55. The molecule has 1 atom stereocenters. The molecule has 3 amide bonds. The van der Waals surface area contributed by atoms with Crippen LogP contribution in [-0.4, -0.2) is 42.3 Å². The fourth-order valence-corrected chi connectivity index (χ4v) is 4.51. The van der Waals surface area contributed by atoms with Crippen molar-refractivity contribution in [1.29, 1.82) is 0 Å². The minimum absolute atomic E-state index is 0.00225. The van der Waals surface area contributed by atoms with Crippen LogP contribution >= 0.6 is 0 Å². The first-order valence-electron chi connectivity index (χ1n) is 11.4. The standard InChI is InChI=1S/C26H31N3O3/c1-18-3-7-20(8-4-18)16-27-25(31)21-11-13-28(14-12-21)26(32)22-15-24(30)29(17-22)23-9-5-19(2)6-10-23/h3-10,21-22H,11-17H2,1-2H3,(H,27,31)/t22-/m0/s1. The molecule has 0 saturated carbocycles. The number of hydrogen-bond donors (Lipinski definition) is 1. The Morgan fingerprint density at radius 1 is 0.906 bits per heavy atom. The van der Waals surface area contributed by atoms with Gasteiger partial charge in [-0.25, -0.2) is 0 Å². The Kier molecular flexibility index (Phi) is 6.58. The molecule has 2 aromatic rings. The maximum atomic E-state index is 13.0. The molecule has 4 rings (SSSR count). The molecule has 0 aliphatic carbocycles. The van der Waals surface area contributed by atoms with Gasteiger partial charge in [0, 0.05) is 44.2 Å². The van der Waals surface area contributed by atoms with Crippen molar-refractivity contribution >= 4 is 23.4 Å². The van der Waals surface area contributed by atoms with E-state index >= 15 is 0 Å². The van der Waals surface area contributed by atoms with E-state index in [9.17, 15) is 14.4 Å². The zero-order valence-electron chi connectivity index (χ0n) is 18.8. The highest BCUT2D eigenvalue weighted by molar-refractivity contribution is 6.00. The summed E-state index contributed by atoms with van der Waals surface area (Å²) in [5.74, 6) is -0.294. The van der Waals surface area contributed by atoms with Gasteiger partial charge in [0.1, 0.15) is 0 Å². The number of nitrogens with zero attached hydrogens (tertiary/aromatic N) is 2. The number of piperidine rings is 1. The maximum absolute atomic E-state index is 13.0. The molecule has 2 aliphatic rings. The fraction of sp³-hybridized carbons (Fsp3) is 0.423. The van der Waals surface area contributed by atoms with Gasteiger partial charge in [-0.2, -0.15) is 0 Å². The summed E-state index contributed by atoms with van der Waals surface area (Å²) in [7, 11) is 0. The number of carbonyl (C=O) groups is 3. The van der Waals surface area contributed by atoms with Crippen molar-refractivity contribution < 1.29 is 14.4 Å². The van der Waals surface area contributed by atoms with E-state index in [0.717, 1.165) is 16.8 Å². The predicted molar refractivity (Wildman–Crippen MR) is 124 cm³/mol. The van der Waals surface area contributed by atoms with Crippen molar-refractivity contribution in [3.8, 4) is 0 Å². The summed E-state index contributed by atoms with van der Waals surface area (Å²) in [6, 6.07) is 16.0. The van der Waals surface area contributed by atoms with E-state index in [1.807, 2.05) is 67.3 Å². The molecule has 2 saturated heterocycles. The van der Waals surface area contributed by atoms with E-state index in [1.165, 1.54) is 5.56 Å². The van der Waals surface area contributed by atoms with E-state index in [1.54, 1.807) is 4.90 Å². The highest BCUT2D eigenvalue weighted by Crippen LogP contribution is 2.28. The summed E-state index contributed by atoms with van der Waals surface area (Å²) in [6.07, 6.45) is 1.57. The zero-order chi connectivity index (χ0) is 22.7. The third kappa shape index (κ3) is 5.01. The van der Waals surface area contributed by atoms with Crippen molar-refractivity contribution in [1.82, 2.24) is 10.2 Å². The molecular weight excluding hydrogens is 402 g/mol. The number of likely N-dealkylation sites (tertiary alicyclic amines) is 1. The number of benzene rings is 2. The highest BCUT2D eigenvalue weighted by Gasteiger charge is 2.38. The molecule has 0 bridgehead atoms. The van der Waals surface area contributed by atoms with Crippen LogP contribution in [0.25, 0.3) is 0 Å². The normalized spacial score (nSPS) is 19.3. The second-order valence-electron chi connectivity index (χ2n) is 9.04. The molecule has 2 aromatic carbocycles. The smallest absolute Gasteiger partial charge is 0.228 e. The van der Waals surface area contributed by atoms with Gasteiger partial charge >= 0.3 is 0 Å². The van der Waals surface area contributed by atoms with Gasteiger partial charge in [-0.05, 0) is 44.4 Å². The summed E-state index contributed by atoms with van der Waals surface area (Å²) in [5.41, 5.74) is 4.27. The Balaban J connectivity index is 1.26. The van der Waals surface area contributed by atoms with E-state index in [-0.39, 0.29) is 36.0 Å². The number of hydrogen-bond acceptors (Lipinski definition) is 3.